The maximum absolute atomic E-state index is 13.0. The molecule has 8 heteroatoms. The van der Waals surface area contributed by atoms with Crippen LogP contribution < -0.4 is 10.6 Å². The van der Waals surface area contributed by atoms with Crippen LogP contribution in [0.2, 0.25) is 0 Å². The lowest BCUT2D eigenvalue weighted by Crippen LogP contribution is -2.45. The number of sulfone groups is 1. The van der Waals surface area contributed by atoms with Crippen molar-refractivity contribution in [3.05, 3.63) is 52.9 Å². The van der Waals surface area contributed by atoms with Gasteiger partial charge in [-0.15, -0.1) is 11.3 Å². The normalized spacial score (nSPS) is 13.6. The van der Waals surface area contributed by atoms with Crippen LogP contribution in [0.25, 0.3) is 0 Å². The second kappa shape index (κ2) is 9.14. The fraction of sp³-hybridized carbons (Fsp3) is 0.368. The van der Waals surface area contributed by atoms with E-state index in [-0.39, 0.29) is 16.8 Å². The molecule has 0 bridgehead atoms. The van der Waals surface area contributed by atoms with E-state index in [2.05, 4.69) is 10.6 Å². The molecule has 27 heavy (non-hydrogen) atoms. The lowest BCUT2D eigenvalue weighted by atomic mass is 10.1. The summed E-state index contributed by atoms with van der Waals surface area (Å²) in [6, 6.07) is 10.2. The molecule has 1 aromatic carbocycles. The maximum atomic E-state index is 13.0. The molecule has 2 amide bonds. The maximum Gasteiger partial charge on any atom is 0.309 e. The van der Waals surface area contributed by atoms with E-state index in [1.165, 1.54) is 0 Å². The summed E-state index contributed by atoms with van der Waals surface area (Å²) in [5.41, 5.74) is 1.57. The summed E-state index contributed by atoms with van der Waals surface area (Å²) in [4.78, 5) is 24.0. The highest BCUT2D eigenvalue weighted by atomic mass is 32.2. The van der Waals surface area contributed by atoms with Crippen molar-refractivity contribution in [2.75, 3.05) is 6.54 Å². The Morgan fingerprint density at radius 1 is 1.11 bits per heavy atom. The van der Waals surface area contributed by atoms with E-state index >= 15 is 0 Å². The van der Waals surface area contributed by atoms with Gasteiger partial charge in [0.2, 0.25) is 0 Å². The summed E-state index contributed by atoms with van der Waals surface area (Å²) >= 11 is 1.13. The van der Waals surface area contributed by atoms with E-state index < -0.39 is 26.9 Å². The Morgan fingerprint density at radius 2 is 1.78 bits per heavy atom. The van der Waals surface area contributed by atoms with Crippen molar-refractivity contribution in [1.29, 1.82) is 0 Å². The predicted molar refractivity (Wildman–Crippen MR) is 106 cm³/mol. The van der Waals surface area contributed by atoms with Crippen LogP contribution in [0.15, 0.2) is 46.0 Å². The number of hydrogen-bond donors (Lipinski definition) is 2. The average molecular weight is 409 g/mol. The number of rotatable bonds is 7. The zero-order valence-corrected chi connectivity index (χ0v) is 17.2. The molecule has 1 aromatic heterocycles. The van der Waals surface area contributed by atoms with Gasteiger partial charge in [-0.1, -0.05) is 42.8 Å². The SMILES string of the molecule is CC[C@H](C)NC(=O)C(=O)NC[C@H](c1ccc(C)cc1)S(=O)(=O)c1cccs1. The topological polar surface area (TPSA) is 92.3 Å². The van der Waals surface area contributed by atoms with E-state index in [1.54, 1.807) is 36.6 Å². The van der Waals surface area contributed by atoms with Gasteiger partial charge in [0, 0.05) is 12.6 Å². The van der Waals surface area contributed by atoms with Crippen LogP contribution in [0.3, 0.4) is 0 Å². The molecule has 0 fully saturated rings. The molecule has 1 heterocycles. The summed E-state index contributed by atoms with van der Waals surface area (Å²) in [5.74, 6) is -1.60. The molecule has 2 aromatic rings. The standard InChI is InChI=1S/C19H24N2O4S2/c1-4-14(3)21-19(23)18(22)20-12-16(15-9-7-13(2)8-10-15)27(24,25)17-6-5-11-26-17/h5-11,14,16H,4,12H2,1-3H3,(H,20,22)(H,21,23)/t14-,16+/m0/s1. The molecule has 0 aliphatic carbocycles. The number of aryl methyl sites for hydroxylation is 1. The van der Waals surface area contributed by atoms with Gasteiger partial charge in [0.1, 0.15) is 9.46 Å². The highest BCUT2D eigenvalue weighted by Gasteiger charge is 2.31. The van der Waals surface area contributed by atoms with E-state index in [9.17, 15) is 18.0 Å². The average Bonchev–Trinajstić information content (AvgIpc) is 3.18. The predicted octanol–water partition coefficient (Wildman–Crippen LogP) is 2.60. The van der Waals surface area contributed by atoms with Gasteiger partial charge >= 0.3 is 11.8 Å². The van der Waals surface area contributed by atoms with Gasteiger partial charge < -0.3 is 10.6 Å². The van der Waals surface area contributed by atoms with E-state index in [1.807, 2.05) is 26.0 Å². The summed E-state index contributed by atoms with van der Waals surface area (Å²) in [6.07, 6.45) is 0.692. The Kier molecular flexibility index (Phi) is 7.15. The Morgan fingerprint density at radius 3 is 2.33 bits per heavy atom. The first kappa shape index (κ1) is 21.1. The molecule has 0 radical (unpaired) electrons. The zero-order chi connectivity index (χ0) is 20.0. The van der Waals surface area contributed by atoms with Crippen molar-refractivity contribution < 1.29 is 18.0 Å². The van der Waals surface area contributed by atoms with Crippen LogP contribution in [0.5, 0.6) is 0 Å². The summed E-state index contributed by atoms with van der Waals surface area (Å²) in [5, 5.41) is 5.75. The molecule has 2 atom stereocenters. The van der Waals surface area contributed by atoms with Gasteiger partial charge in [-0.05, 0) is 37.3 Å². The van der Waals surface area contributed by atoms with E-state index in [0.29, 0.717) is 12.0 Å². The van der Waals surface area contributed by atoms with E-state index in [4.69, 9.17) is 0 Å². The molecule has 2 N–H and O–H groups in total. The van der Waals surface area contributed by atoms with Gasteiger partial charge in [0.05, 0.1) is 0 Å². The first-order valence-corrected chi connectivity index (χ1v) is 11.1. The Labute approximate surface area is 163 Å². The summed E-state index contributed by atoms with van der Waals surface area (Å²) < 4.78 is 26.3. The minimum absolute atomic E-state index is 0.133. The zero-order valence-electron chi connectivity index (χ0n) is 15.6. The molecular weight excluding hydrogens is 384 g/mol. The van der Waals surface area contributed by atoms with E-state index in [0.717, 1.165) is 16.9 Å². The molecule has 146 valence electrons. The molecule has 0 spiro atoms. The fourth-order valence-electron chi connectivity index (χ4n) is 2.41. The molecule has 0 aliphatic heterocycles. The Hall–Kier alpha value is -2.19. The van der Waals surface area contributed by atoms with Crippen LogP contribution in [0.1, 0.15) is 36.6 Å². The number of thiophene rings is 1. The van der Waals surface area contributed by atoms with Crippen LogP contribution in [-0.2, 0) is 19.4 Å². The lowest BCUT2D eigenvalue weighted by molar-refractivity contribution is -0.139. The van der Waals surface area contributed by atoms with Crippen molar-refractivity contribution in [2.45, 2.75) is 42.7 Å². The van der Waals surface area contributed by atoms with Crippen molar-refractivity contribution in [2.24, 2.45) is 0 Å². The Bertz CT molecular complexity index is 875. The summed E-state index contributed by atoms with van der Waals surface area (Å²) in [7, 11) is -3.70. The summed E-state index contributed by atoms with van der Waals surface area (Å²) in [6.45, 7) is 5.41. The third-order valence-corrected chi connectivity index (χ3v) is 7.78. The number of carbonyl (C=O) groups excluding carboxylic acids is 2. The van der Waals surface area contributed by atoms with Gasteiger partial charge in [-0.25, -0.2) is 8.42 Å². The first-order chi connectivity index (χ1) is 12.8. The van der Waals surface area contributed by atoms with Gasteiger partial charge in [-0.3, -0.25) is 9.59 Å². The smallest absolute Gasteiger partial charge is 0.309 e. The first-order valence-electron chi connectivity index (χ1n) is 8.68. The molecule has 2 rings (SSSR count). The van der Waals surface area contributed by atoms with Crippen LogP contribution in [-0.4, -0.2) is 32.8 Å². The highest BCUT2D eigenvalue weighted by Crippen LogP contribution is 2.31. The van der Waals surface area contributed by atoms with Crippen LogP contribution in [0.4, 0.5) is 0 Å². The third kappa shape index (κ3) is 5.40. The minimum Gasteiger partial charge on any atom is -0.346 e. The second-order valence-corrected chi connectivity index (χ2v) is 9.67. The number of amides is 2. The number of nitrogens with one attached hydrogen (secondary N) is 2. The monoisotopic (exact) mass is 408 g/mol. The molecule has 0 saturated heterocycles. The molecule has 0 unspecified atom stereocenters. The minimum atomic E-state index is -3.70. The molecular formula is C19H24N2O4S2. The molecule has 0 saturated carbocycles. The number of hydrogen-bond acceptors (Lipinski definition) is 5. The largest absolute Gasteiger partial charge is 0.346 e. The van der Waals surface area contributed by atoms with Crippen molar-refractivity contribution in [1.82, 2.24) is 10.6 Å². The highest BCUT2D eigenvalue weighted by molar-refractivity contribution is 7.93. The van der Waals surface area contributed by atoms with Crippen molar-refractivity contribution in [3.63, 3.8) is 0 Å². The lowest BCUT2D eigenvalue weighted by Gasteiger charge is -2.18. The van der Waals surface area contributed by atoms with Crippen molar-refractivity contribution >= 4 is 33.0 Å². The number of benzene rings is 1. The van der Waals surface area contributed by atoms with Crippen molar-refractivity contribution in [3.8, 4) is 0 Å². The number of carbonyl (C=O) groups is 2. The molecule has 6 nitrogen and oxygen atoms in total. The van der Waals surface area contributed by atoms with Crippen LogP contribution in [0, 0.1) is 6.92 Å². The second-order valence-electron chi connectivity index (χ2n) is 6.37. The fourth-order valence-corrected chi connectivity index (χ4v) is 5.28. The third-order valence-electron chi connectivity index (χ3n) is 4.24. The Balaban J connectivity index is 2.22. The quantitative estimate of drug-likeness (QED) is 0.689. The molecule has 0 aliphatic rings. The van der Waals surface area contributed by atoms with Gasteiger partial charge in [0.15, 0.2) is 9.84 Å². The van der Waals surface area contributed by atoms with Gasteiger partial charge in [0.25, 0.3) is 0 Å². The van der Waals surface area contributed by atoms with Crippen LogP contribution >= 0.6 is 11.3 Å². The van der Waals surface area contributed by atoms with Gasteiger partial charge in [-0.2, -0.15) is 0 Å².